The van der Waals surface area contributed by atoms with Gasteiger partial charge in [-0.05, 0) is 0 Å². The summed E-state index contributed by atoms with van der Waals surface area (Å²) in [6, 6.07) is 0. The third kappa shape index (κ3) is 7.87. The Balaban J connectivity index is 0. The van der Waals surface area contributed by atoms with E-state index in [2.05, 4.69) is 8.37 Å². The molecule has 58 valence electrons. The number of rotatable bonds is 2. The van der Waals surface area contributed by atoms with Crippen LogP contribution in [0, 0.1) is 0 Å². The molecule has 0 heterocycles. The van der Waals surface area contributed by atoms with Crippen molar-refractivity contribution in [2.24, 2.45) is 0 Å². The Kier molecular flexibility index (Phi) is 7.76. The molecule has 0 aromatic rings. The highest BCUT2D eigenvalue weighted by atomic mass is 32.3. The van der Waals surface area contributed by atoms with Gasteiger partial charge in [0.05, 0.1) is 14.2 Å². The van der Waals surface area contributed by atoms with Crippen LogP contribution in [-0.2, 0) is 18.8 Å². The normalized spacial score (nSPS) is 9.78. The standard InChI is InChI=1S/C2H6O4S.C2H6/c1-5-7(3,4)6-2;1-2/h1-2H3;1-2H3. The summed E-state index contributed by atoms with van der Waals surface area (Å²) in [4.78, 5) is 0. The molecule has 0 atom stereocenters. The summed E-state index contributed by atoms with van der Waals surface area (Å²) in [5, 5.41) is 0. The summed E-state index contributed by atoms with van der Waals surface area (Å²) in [6.45, 7) is 4.00. The van der Waals surface area contributed by atoms with E-state index in [1.165, 1.54) is 0 Å². The van der Waals surface area contributed by atoms with Crippen LogP contribution in [0.25, 0.3) is 0 Å². The molecule has 0 spiro atoms. The highest BCUT2D eigenvalue weighted by Gasteiger charge is 2.01. The van der Waals surface area contributed by atoms with Crippen LogP contribution >= 0.6 is 0 Å². The fourth-order valence-electron chi connectivity index (χ4n) is 0.0680. The average molecular weight is 156 g/mol. The largest absolute Gasteiger partial charge is 0.399 e. The predicted octanol–water partition coefficient (Wildman–Crippen LogP) is 0.550. The van der Waals surface area contributed by atoms with Gasteiger partial charge < -0.3 is 0 Å². The van der Waals surface area contributed by atoms with Gasteiger partial charge in [0, 0.05) is 0 Å². The van der Waals surface area contributed by atoms with Gasteiger partial charge in [-0.25, -0.2) is 0 Å². The first kappa shape index (κ1) is 11.6. The molecule has 0 aliphatic heterocycles. The smallest absolute Gasteiger partial charge is 0.252 e. The Morgan fingerprint density at radius 1 is 1.00 bits per heavy atom. The molecule has 0 aliphatic rings. The van der Waals surface area contributed by atoms with Crippen molar-refractivity contribution in [2.75, 3.05) is 14.2 Å². The lowest BCUT2D eigenvalue weighted by molar-refractivity contribution is 0.286. The van der Waals surface area contributed by atoms with E-state index in [1.807, 2.05) is 13.8 Å². The Labute approximate surface area is 56.1 Å². The molecule has 0 aromatic heterocycles. The predicted molar refractivity (Wildman–Crippen MR) is 34.3 cm³/mol. The van der Waals surface area contributed by atoms with Crippen molar-refractivity contribution >= 4 is 10.4 Å². The molecule has 0 rings (SSSR count). The zero-order valence-corrected chi connectivity index (χ0v) is 6.86. The summed E-state index contributed by atoms with van der Waals surface area (Å²) >= 11 is 0. The molecular formula is C4H12O4S. The van der Waals surface area contributed by atoms with E-state index in [-0.39, 0.29) is 0 Å². The second-order valence-corrected chi connectivity index (χ2v) is 2.22. The maximum absolute atomic E-state index is 9.92. The number of hydrogen-bond acceptors (Lipinski definition) is 4. The first-order chi connectivity index (χ1) is 4.12. The average Bonchev–Trinajstić information content (AvgIpc) is 1.93. The van der Waals surface area contributed by atoms with E-state index in [1.54, 1.807) is 0 Å². The van der Waals surface area contributed by atoms with Crippen molar-refractivity contribution in [3.63, 3.8) is 0 Å². The van der Waals surface area contributed by atoms with Gasteiger partial charge in [-0.15, -0.1) is 0 Å². The second kappa shape index (κ2) is 6.00. The highest BCUT2D eigenvalue weighted by molar-refractivity contribution is 7.81. The second-order valence-electron chi connectivity index (χ2n) is 0.742. The Morgan fingerprint density at radius 2 is 1.22 bits per heavy atom. The summed E-state index contributed by atoms with van der Waals surface area (Å²) < 4.78 is 27.5. The first-order valence-corrected chi connectivity index (χ1v) is 3.82. The van der Waals surface area contributed by atoms with E-state index in [9.17, 15) is 8.42 Å². The topological polar surface area (TPSA) is 52.6 Å². The molecule has 0 saturated heterocycles. The Morgan fingerprint density at radius 3 is 1.22 bits per heavy atom. The van der Waals surface area contributed by atoms with Gasteiger partial charge in [-0.1, -0.05) is 13.8 Å². The molecule has 0 unspecified atom stereocenters. The van der Waals surface area contributed by atoms with Gasteiger partial charge in [0.2, 0.25) is 0 Å². The number of hydrogen-bond donors (Lipinski definition) is 0. The van der Waals surface area contributed by atoms with Crippen molar-refractivity contribution < 1.29 is 16.8 Å². The van der Waals surface area contributed by atoms with Crippen LogP contribution in [0.4, 0.5) is 0 Å². The summed E-state index contributed by atoms with van der Waals surface area (Å²) in [5.74, 6) is 0. The van der Waals surface area contributed by atoms with Crippen molar-refractivity contribution in [3.8, 4) is 0 Å². The van der Waals surface area contributed by atoms with Crippen LogP contribution in [0.1, 0.15) is 13.8 Å². The van der Waals surface area contributed by atoms with Crippen LogP contribution in [0.2, 0.25) is 0 Å². The Bertz CT molecular complexity index is 116. The minimum Gasteiger partial charge on any atom is -0.252 e. The molecule has 0 aromatic carbocycles. The lowest BCUT2D eigenvalue weighted by atomic mass is 11.0. The molecule has 0 amide bonds. The lowest BCUT2D eigenvalue weighted by Crippen LogP contribution is -2.02. The third-order valence-electron chi connectivity index (χ3n) is 0.408. The van der Waals surface area contributed by atoms with Gasteiger partial charge in [-0.3, -0.25) is 8.37 Å². The minimum atomic E-state index is -3.66. The molecule has 0 N–H and O–H groups in total. The molecule has 0 radical (unpaired) electrons. The van der Waals surface area contributed by atoms with Gasteiger partial charge in [0.25, 0.3) is 0 Å². The van der Waals surface area contributed by atoms with E-state index in [0.29, 0.717) is 0 Å². The molecular weight excluding hydrogens is 144 g/mol. The fourth-order valence-corrected chi connectivity index (χ4v) is 0.204. The zero-order valence-electron chi connectivity index (χ0n) is 6.04. The van der Waals surface area contributed by atoms with Gasteiger partial charge in [0.1, 0.15) is 0 Å². The highest BCUT2D eigenvalue weighted by Crippen LogP contribution is 1.85. The van der Waals surface area contributed by atoms with Gasteiger partial charge >= 0.3 is 10.4 Å². The minimum absolute atomic E-state index is 1.03. The molecule has 0 bridgehead atoms. The maximum atomic E-state index is 9.92. The van der Waals surface area contributed by atoms with Crippen LogP contribution in [0.3, 0.4) is 0 Å². The van der Waals surface area contributed by atoms with E-state index in [4.69, 9.17) is 0 Å². The monoisotopic (exact) mass is 156 g/mol. The summed E-state index contributed by atoms with van der Waals surface area (Å²) in [5.41, 5.74) is 0. The SMILES string of the molecule is CC.COS(=O)(=O)OC. The molecule has 9 heavy (non-hydrogen) atoms. The van der Waals surface area contributed by atoms with Crippen LogP contribution < -0.4 is 0 Å². The summed E-state index contributed by atoms with van der Waals surface area (Å²) in [7, 11) is -1.60. The molecule has 0 saturated carbocycles. The van der Waals surface area contributed by atoms with Crippen molar-refractivity contribution in [3.05, 3.63) is 0 Å². The maximum Gasteiger partial charge on any atom is 0.399 e. The molecule has 5 heteroatoms. The van der Waals surface area contributed by atoms with Gasteiger partial charge in [-0.2, -0.15) is 8.42 Å². The van der Waals surface area contributed by atoms with Crippen molar-refractivity contribution in [2.45, 2.75) is 13.8 Å². The van der Waals surface area contributed by atoms with Crippen molar-refractivity contribution in [1.82, 2.24) is 0 Å². The van der Waals surface area contributed by atoms with Crippen LogP contribution in [0.5, 0.6) is 0 Å². The third-order valence-corrected chi connectivity index (χ3v) is 1.22. The van der Waals surface area contributed by atoms with Gasteiger partial charge in [0.15, 0.2) is 0 Å². The molecule has 0 aliphatic carbocycles. The van der Waals surface area contributed by atoms with E-state index < -0.39 is 10.4 Å². The van der Waals surface area contributed by atoms with Crippen LogP contribution in [-0.4, -0.2) is 22.6 Å². The Hall–Kier alpha value is -0.130. The van der Waals surface area contributed by atoms with E-state index >= 15 is 0 Å². The summed E-state index contributed by atoms with van der Waals surface area (Å²) in [6.07, 6.45) is 0. The lowest BCUT2D eigenvalue weighted by Gasteiger charge is -1.91. The van der Waals surface area contributed by atoms with E-state index in [0.717, 1.165) is 14.2 Å². The zero-order chi connectivity index (χ0) is 7.91. The van der Waals surface area contributed by atoms with Crippen molar-refractivity contribution in [1.29, 1.82) is 0 Å². The fraction of sp³-hybridized carbons (Fsp3) is 1.00. The quantitative estimate of drug-likeness (QED) is 0.586. The first-order valence-electron chi connectivity index (χ1n) is 2.48. The van der Waals surface area contributed by atoms with Crippen LogP contribution in [0.15, 0.2) is 0 Å². The molecule has 0 fully saturated rings. The molecule has 4 nitrogen and oxygen atoms in total.